The van der Waals surface area contributed by atoms with Crippen molar-refractivity contribution in [3.05, 3.63) is 42.1 Å². The summed E-state index contributed by atoms with van der Waals surface area (Å²) in [5, 5.41) is 13.3. The van der Waals surface area contributed by atoms with Gasteiger partial charge in [-0.05, 0) is 30.7 Å². The predicted molar refractivity (Wildman–Crippen MR) is 65.1 cm³/mol. The van der Waals surface area contributed by atoms with Gasteiger partial charge in [0.25, 0.3) is 0 Å². The molecule has 0 aliphatic carbocycles. The van der Waals surface area contributed by atoms with Crippen molar-refractivity contribution >= 4 is 10.9 Å². The van der Waals surface area contributed by atoms with Gasteiger partial charge >= 0.3 is 0 Å². The number of nitrogens with zero attached hydrogens (tertiary/aromatic N) is 1. The monoisotopic (exact) mass is 216 g/mol. The minimum absolute atomic E-state index is 0.129. The minimum Gasteiger partial charge on any atom is -0.395 e. The van der Waals surface area contributed by atoms with Crippen molar-refractivity contribution in [2.24, 2.45) is 0 Å². The molecule has 3 nitrogen and oxygen atoms in total. The van der Waals surface area contributed by atoms with Crippen molar-refractivity contribution in [3.63, 3.8) is 0 Å². The van der Waals surface area contributed by atoms with Gasteiger partial charge in [-0.2, -0.15) is 0 Å². The van der Waals surface area contributed by atoms with E-state index in [0.717, 1.165) is 17.4 Å². The Morgan fingerprint density at radius 2 is 2.25 bits per heavy atom. The lowest BCUT2D eigenvalue weighted by Gasteiger charge is -2.10. The second-order valence-electron chi connectivity index (χ2n) is 3.99. The number of aliphatic hydroxyl groups is 1. The Kier molecular flexibility index (Phi) is 3.49. The summed E-state index contributed by atoms with van der Waals surface area (Å²) in [5.74, 6) is 0. The van der Waals surface area contributed by atoms with Crippen molar-refractivity contribution in [1.82, 2.24) is 10.3 Å². The fourth-order valence-corrected chi connectivity index (χ4v) is 1.59. The summed E-state index contributed by atoms with van der Waals surface area (Å²) in [6.07, 6.45) is 1.80. The van der Waals surface area contributed by atoms with E-state index in [1.807, 2.05) is 19.1 Å². The van der Waals surface area contributed by atoms with Crippen molar-refractivity contribution in [1.29, 1.82) is 0 Å². The molecule has 0 saturated carbocycles. The zero-order chi connectivity index (χ0) is 11.4. The van der Waals surface area contributed by atoms with Crippen LogP contribution in [0, 0.1) is 0 Å². The van der Waals surface area contributed by atoms with Crippen molar-refractivity contribution in [2.75, 3.05) is 6.61 Å². The Labute approximate surface area is 95.1 Å². The molecule has 0 unspecified atom stereocenters. The Morgan fingerprint density at radius 1 is 1.38 bits per heavy atom. The van der Waals surface area contributed by atoms with Gasteiger partial charge in [0.1, 0.15) is 0 Å². The van der Waals surface area contributed by atoms with Gasteiger partial charge in [-0.1, -0.05) is 12.1 Å². The summed E-state index contributed by atoms with van der Waals surface area (Å²) in [6.45, 7) is 2.89. The van der Waals surface area contributed by atoms with Crippen LogP contribution in [0.3, 0.4) is 0 Å². The van der Waals surface area contributed by atoms with Gasteiger partial charge in [-0.3, -0.25) is 4.98 Å². The summed E-state index contributed by atoms with van der Waals surface area (Å²) < 4.78 is 0. The van der Waals surface area contributed by atoms with E-state index in [4.69, 9.17) is 5.11 Å². The number of pyridine rings is 1. The molecule has 1 aromatic carbocycles. The van der Waals surface area contributed by atoms with Crippen molar-refractivity contribution < 1.29 is 5.11 Å². The normalized spacial score (nSPS) is 12.9. The molecular formula is C13H16N2O. The molecule has 2 N–H and O–H groups in total. The van der Waals surface area contributed by atoms with Crippen LogP contribution in [0.15, 0.2) is 36.5 Å². The van der Waals surface area contributed by atoms with Gasteiger partial charge in [0.2, 0.25) is 0 Å². The number of rotatable bonds is 4. The highest BCUT2D eigenvalue weighted by Gasteiger charge is 2.00. The highest BCUT2D eigenvalue weighted by Crippen LogP contribution is 2.13. The molecular weight excluding hydrogens is 200 g/mol. The number of hydrogen-bond acceptors (Lipinski definition) is 3. The first-order chi connectivity index (χ1) is 7.79. The number of aliphatic hydroxyl groups excluding tert-OH is 1. The second kappa shape index (κ2) is 5.05. The quantitative estimate of drug-likeness (QED) is 0.817. The maximum atomic E-state index is 8.91. The summed E-state index contributed by atoms with van der Waals surface area (Å²) in [5.41, 5.74) is 2.22. The van der Waals surface area contributed by atoms with E-state index < -0.39 is 0 Å². The number of fused-ring (bicyclic) bond motifs is 1. The number of benzene rings is 1. The van der Waals surface area contributed by atoms with Gasteiger partial charge in [0, 0.05) is 24.2 Å². The Morgan fingerprint density at radius 3 is 3.06 bits per heavy atom. The predicted octanol–water partition coefficient (Wildman–Crippen LogP) is 1.71. The Bertz CT molecular complexity index is 470. The van der Waals surface area contributed by atoms with Gasteiger partial charge in [0.05, 0.1) is 12.1 Å². The van der Waals surface area contributed by atoms with E-state index in [1.54, 1.807) is 6.20 Å². The van der Waals surface area contributed by atoms with E-state index in [1.165, 1.54) is 5.56 Å². The maximum absolute atomic E-state index is 8.91. The largest absolute Gasteiger partial charge is 0.395 e. The second-order valence-corrected chi connectivity index (χ2v) is 3.99. The molecule has 3 heteroatoms. The molecule has 2 aromatic rings. The summed E-state index contributed by atoms with van der Waals surface area (Å²) in [7, 11) is 0. The molecule has 0 amide bonds. The number of hydrogen-bond donors (Lipinski definition) is 2. The average molecular weight is 216 g/mol. The van der Waals surface area contributed by atoms with Gasteiger partial charge in [0.15, 0.2) is 0 Å². The van der Waals surface area contributed by atoms with Crippen LogP contribution in [-0.2, 0) is 6.54 Å². The highest BCUT2D eigenvalue weighted by atomic mass is 16.3. The van der Waals surface area contributed by atoms with Crippen molar-refractivity contribution in [2.45, 2.75) is 19.5 Å². The number of nitrogens with one attached hydrogen (secondary N) is 1. The van der Waals surface area contributed by atoms with Crippen molar-refractivity contribution in [3.8, 4) is 0 Å². The first kappa shape index (κ1) is 11.0. The van der Waals surface area contributed by atoms with Crippen LogP contribution in [0.4, 0.5) is 0 Å². The summed E-state index contributed by atoms with van der Waals surface area (Å²) >= 11 is 0. The fourth-order valence-electron chi connectivity index (χ4n) is 1.59. The third-order valence-electron chi connectivity index (χ3n) is 2.60. The molecule has 0 fully saturated rings. The molecule has 0 saturated heterocycles. The van der Waals surface area contributed by atoms with E-state index in [9.17, 15) is 0 Å². The molecule has 1 atom stereocenters. The molecule has 1 heterocycles. The van der Waals surface area contributed by atoms with E-state index in [0.29, 0.717) is 0 Å². The average Bonchev–Trinajstić information content (AvgIpc) is 2.35. The maximum Gasteiger partial charge on any atom is 0.0702 e. The van der Waals surface area contributed by atoms with Gasteiger partial charge < -0.3 is 10.4 Å². The van der Waals surface area contributed by atoms with Crippen LogP contribution in [0.5, 0.6) is 0 Å². The third-order valence-corrected chi connectivity index (χ3v) is 2.60. The van der Waals surface area contributed by atoms with Crippen LogP contribution < -0.4 is 5.32 Å². The molecule has 0 spiro atoms. The highest BCUT2D eigenvalue weighted by molar-refractivity contribution is 5.78. The zero-order valence-corrected chi connectivity index (χ0v) is 9.35. The topological polar surface area (TPSA) is 45.1 Å². The molecule has 1 aromatic heterocycles. The van der Waals surface area contributed by atoms with Crippen LogP contribution in [-0.4, -0.2) is 22.7 Å². The molecule has 0 aliphatic rings. The zero-order valence-electron chi connectivity index (χ0n) is 9.35. The van der Waals surface area contributed by atoms with E-state index in [2.05, 4.69) is 28.5 Å². The fraction of sp³-hybridized carbons (Fsp3) is 0.308. The van der Waals surface area contributed by atoms with Gasteiger partial charge in [-0.25, -0.2) is 0 Å². The molecule has 2 rings (SSSR count). The first-order valence-electron chi connectivity index (χ1n) is 5.47. The van der Waals surface area contributed by atoms with Crippen LogP contribution >= 0.6 is 0 Å². The molecule has 0 aliphatic heterocycles. The summed E-state index contributed by atoms with van der Waals surface area (Å²) in [6, 6.07) is 10.3. The smallest absolute Gasteiger partial charge is 0.0702 e. The van der Waals surface area contributed by atoms with E-state index >= 15 is 0 Å². The lowest BCUT2D eigenvalue weighted by molar-refractivity contribution is 0.251. The molecule has 0 bridgehead atoms. The lowest BCUT2D eigenvalue weighted by Crippen LogP contribution is -2.28. The minimum atomic E-state index is 0.129. The standard InChI is InChI=1S/C13H16N2O/c1-10(9-16)15-8-11-4-5-13-12(7-11)3-2-6-14-13/h2-7,10,15-16H,8-9H2,1H3/t10-/m1/s1. The first-order valence-corrected chi connectivity index (χ1v) is 5.47. The van der Waals surface area contributed by atoms with Crippen LogP contribution in [0.2, 0.25) is 0 Å². The third kappa shape index (κ3) is 2.56. The molecule has 0 radical (unpaired) electrons. The number of aromatic nitrogens is 1. The Balaban J connectivity index is 2.13. The van der Waals surface area contributed by atoms with Crippen LogP contribution in [0.1, 0.15) is 12.5 Å². The van der Waals surface area contributed by atoms with E-state index in [-0.39, 0.29) is 12.6 Å². The SMILES string of the molecule is C[C@H](CO)NCc1ccc2ncccc2c1. The lowest BCUT2D eigenvalue weighted by atomic mass is 10.1. The molecule has 84 valence electrons. The Hall–Kier alpha value is -1.45. The van der Waals surface area contributed by atoms with Gasteiger partial charge in [-0.15, -0.1) is 0 Å². The van der Waals surface area contributed by atoms with Crippen LogP contribution in [0.25, 0.3) is 10.9 Å². The molecule has 16 heavy (non-hydrogen) atoms. The summed E-state index contributed by atoms with van der Waals surface area (Å²) in [4.78, 5) is 4.27.